The Hall–Kier alpha value is -1.33. The molecule has 1 aliphatic rings. The predicted octanol–water partition coefficient (Wildman–Crippen LogP) is 14.9. The largest absolute Gasteiger partial charge is 0.457 e. The predicted molar refractivity (Wildman–Crippen MR) is 279 cm³/mol. The van der Waals surface area contributed by atoms with Crippen LogP contribution in [0.25, 0.3) is 0 Å². The van der Waals surface area contributed by atoms with Crippen molar-refractivity contribution < 1.29 is 44.2 Å². The van der Waals surface area contributed by atoms with Gasteiger partial charge in [-0.3, -0.25) is 4.79 Å². The van der Waals surface area contributed by atoms with Crippen LogP contribution in [-0.4, -0.2) is 89.6 Å². The van der Waals surface area contributed by atoms with Crippen LogP contribution in [0.3, 0.4) is 0 Å². The molecule has 0 aliphatic carbocycles. The fourth-order valence-corrected chi connectivity index (χ4v) is 9.11. The number of rotatable bonds is 51. The molecule has 9 nitrogen and oxygen atoms in total. The van der Waals surface area contributed by atoms with Crippen molar-refractivity contribution in [1.29, 1.82) is 0 Å². The summed E-state index contributed by atoms with van der Waals surface area (Å²) in [7, 11) is 0. The molecular formula is C58H110O9. The molecule has 0 saturated carbocycles. The third kappa shape index (κ3) is 40.0. The third-order valence-corrected chi connectivity index (χ3v) is 13.6. The number of unbranched alkanes of at least 4 members (excludes halogenated alkanes) is 36. The van der Waals surface area contributed by atoms with Crippen LogP contribution < -0.4 is 0 Å². The number of carbonyl (C=O) groups is 1. The first-order valence-corrected chi connectivity index (χ1v) is 28.9. The van der Waals surface area contributed by atoms with E-state index in [9.17, 15) is 25.2 Å². The standard InChI is InChI=1S/C58H110O9/c1-3-5-7-9-11-13-15-17-19-21-23-24-25-26-27-28-29-30-32-34-36-38-40-42-44-46-48-64-50-52(51-65-58-57(63)56(62)55(61)53(49-59)67-58)66-54(60)47-45-43-41-39-37-35-33-31-22-20-18-16-14-12-10-8-6-4-2/h15,17,21,23,52-53,55-59,61-63H,3-14,16,18-20,22,24-51H2,1-2H3/b17-15-,23-21-. The number of hydrogen-bond donors (Lipinski definition) is 4. The first kappa shape index (κ1) is 63.7. The van der Waals surface area contributed by atoms with Crippen LogP contribution in [0.15, 0.2) is 24.3 Å². The van der Waals surface area contributed by atoms with Crippen LogP contribution in [0, 0.1) is 0 Å². The molecule has 0 aromatic rings. The molecule has 0 bridgehead atoms. The molecule has 1 fully saturated rings. The summed E-state index contributed by atoms with van der Waals surface area (Å²) in [4.78, 5) is 12.9. The van der Waals surface area contributed by atoms with Gasteiger partial charge in [0.2, 0.25) is 0 Å². The van der Waals surface area contributed by atoms with E-state index in [2.05, 4.69) is 38.2 Å². The fourth-order valence-electron chi connectivity index (χ4n) is 9.11. The number of carbonyl (C=O) groups excluding carboxylic acids is 1. The van der Waals surface area contributed by atoms with E-state index in [0.29, 0.717) is 13.0 Å². The van der Waals surface area contributed by atoms with Crippen molar-refractivity contribution in [3.8, 4) is 0 Å². The Balaban J connectivity index is 2.13. The summed E-state index contributed by atoms with van der Waals surface area (Å²) in [5, 5.41) is 40.3. The van der Waals surface area contributed by atoms with Gasteiger partial charge < -0.3 is 39.4 Å². The van der Waals surface area contributed by atoms with Crippen molar-refractivity contribution in [3.05, 3.63) is 24.3 Å². The van der Waals surface area contributed by atoms with E-state index in [1.807, 2.05) is 0 Å². The van der Waals surface area contributed by atoms with Crippen LogP contribution in [0.2, 0.25) is 0 Å². The molecule has 1 saturated heterocycles. The molecule has 1 heterocycles. The van der Waals surface area contributed by atoms with Gasteiger partial charge in [0.1, 0.15) is 30.5 Å². The van der Waals surface area contributed by atoms with Crippen LogP contribution in [-0.2, 0) is 23.7 Å². The van der Waals surface area contributed by atoms with Crippen molar-refractivity contribution >= 4 is 5.97 Å². The lowest BCUT2D eigenvalue weighted by Crippen LogP contribution is -2.59. The number of esters is 1. The maximum atomic E-state index is 12.9. The van der Waals surface area contributed by atoms with Crippen molar-refractivity contribution in [2.24, 2.45) is 0 Å². The van der Waals surface area contributed by atoms with E-state index < -0.39 is 43.4 Å². The Bertz CT molecular complexity index is 1080. The number of aliphatic hydroxyl groups is 4. The number of hydrogen-bond acceptors (Lipinski definition) is 9. The second kappa shape index (κ2) is 49.6. The summed E-state index contributed by atoms with van der Waals surface area (Å²) in [6.07, 6.45) is 53.7. The maximum Gasteiger partial charge on any atom is 0.306 e. The second-order valence-corrected chi connectivity index (χ2v) is 20.1. The van der Waals surface area contributed by atoms with Gasteiger partial charge in [-0.1, -0.05) is 250 Å². The summed E-state index contributed by atoms with van der Waals surface area (Å²) in [5.74, 6) is -0.307. The zero-order chi connectivity index (χ0) is 48.5. The summed E-state index contributed by atoms with van der Waals surface area (Å²) >= 11 is 0. The number of ether oxygens (including phenoxy) is 4. The molecule has 0 spiro atoms. The Kier molecular flexibility index (Phi) is 47.2. The molecule has 0 aromatic carbocycles. The van der Waals surface area contributed by atoms with Gasteiger partial charge in [-0.25, -0.2) is 0 Å². The molecule has 1 aliphatic heterocycles. The average Bonchev–Trinajstić information content (AvgIpc) is 3.33. The Morgan fingerprint density at radius 3 is 1.28 bits per heavy atom. The number of aliphatic hydroxyl groups excluding tert-OH is 4. The molecule has 6 atom stereocenters. The molecule has 1 rings (SSSR count). The van der Waals surface area contributed by atoms with Crippen molar-refractivity contribution in [3.63, 3.8) is 0 Å². The Morgan fingerprint density at radius 1 is 0.478 bits per heavy atom. The molecule has 4 N–H and O–H groups in total. The molecule has 67 heavy (non-hydrogen) atoms. The summed E-state index contributed by atoms with van der Waals surface area (Å²) in [6, 6.07) is 0. The summed E-state index contributed by atoms with van der Waals surface area (Å²) in [6.45, 7) is 4.61. The van der Waals surface area contributed by atoms with Crippen LogP contribution in [0.1, 0.15) is 277 Å². The van der Waals surface area contributed by atoms with Gasteiger partial charge in [0.25, 0.3) is 0 Å². The third-order valence-electron chi connectivity index (χ3n) is 13.6. The van der Waals surface area contributed by atoms with Gasteiger partial charge in [-0.2, -0.15) is 0 Å². The normalized spacial score (nSPS) is 19.3. The molecule has 0 radical (unpaired) electrons. The van der Waals surface area contributed by atoms with Crippen LogP contribution in [0.5, 0.6) is 0 Å². The van der Waals surface area contributed by atoms with Gasteiger partial charge in [0, 0.05) is 13.0 Å². The highest BCUT2D eigenvalue weighted by Gasteiger charge is 2.44. The lowest BCUT2D eigenvalue weighted by Gasteiger charge is -2.39. The van der Waals surface area contributed by atoms with E-state index in [4.69, 9.17) is 18.9 Å². The first-order chi connectivity index (χ1) is 32.9. The summed E-state index contributed by atoms with van der Waals surface area (Å²) in [5.41, 5.74) is 0. The smallest absolute Gasteiger partial charge is 0.306 e. The van der Waals surface area contributed by atoms with E-state index in [1.54, 1.807) is 0 Å². The van der Waals surface area contributed by atoms with Gasteiger partial charge in [-0.15, -0.1) is 0 Å². The van der Waals surface area contributed by atoms with Crippen molar-refractivity contribution in [2.75, 3.05) is 26.4 Å². The highest BCUT2D eigenvalue weighted by molar-refractivity contribution is 5.69. The minimum atomic E-state index is -1.53. The molecule has 0 aromatic heterocycles. The SMILES string of the molecule is CCCCCCC/C=C\C/C=C\CCCCCCCCCCCCCCCCOCC(COC1OC(CO)C(O)C(O)C1O)OC(=O)CCCCCCCCCCCCCCCCCCCC. The zero-order valence-electron chi connectivity index (χ0n) is 43.9. The minimum Gasteiger partial charge on any atom is -0.457 e. The van der Waals surface area contributed by atoms with Gasteiger partial charge >= 0.3 is 5.97 Å². The van der Waals surface area contributed by atoms with E-state index >= 15 is 0 Å². The van der Waals surface area contributed by atoms with Gasteiger partial charge in [0.15, 0.2) is 6.29 Å². The lowest BCUT2D eigenvalue weighted by atomic mass is 9.99. The topological polar surface area (TPSA) is 135 Å². The van der Waals surface area contributed by atoms with Gasteiger partial charge in [-0.05, 0) is 44.9 Å². The molecule has 0 amide bonds. The van der Waals surface area contributed by atoms with E-state index in [-0.39, 0.29) is 19.2 Å². The highest BCUT2D eigenvalue weighted by atomic mass is 16.7. The zero-order valence-corrected chi connectivity index (χ0v) is 43.9. The minimum absolute atomic E-state index is 0.108. The fraction of sp³-hybridized carbons (Fsp3) is 0.914. The Morgan fingerprint density at radius 2 is 0.866 bits per heavy atom. The van der Waals surface area contributed by atoms with Crippen molar-refractivity contribution in [1.82, 2.24) is 0 Å². The second-order valence-electron chi connectivity index (χ2n) is 20.1. The lowest BCUT2D eigenvalue weighted by molar-refractivity contribution is -0.305. The average molecular weight is 952 g/mol. The van der Waals surface area contributed by atoms with E-state index in [0.717, 1.165) is 38.5 Å². The molecule has 9 heteroatoms. The monoisotopic (exact) mass is 951 g/mol. The van der Waals surface area contributed by atoms with Crippen LogP contribution in [0.4, 0.5) is 0 Å². The van der Waals surface area contributed by atoms with Crippen molar-refractivity contribution in [2.45, 2.75) is 314 Å². The molecule has 396 valence electrons. The quantitative estimate of drug-likeness (QED) is 0.0267. The van der Waals surface area contributed by atoms with E-state index in [1.165, 1.54) is 218 Å². The molecular weight excluding hydrogens is 841 g/mol. The van der Waals surface area contributed by atoms with Crippen LogP contribution >= 0.6 is 0 Å². The molecule has 6 unspecified atom stereocenters. The number of allylic oxidation sites excluding steroid dienone is 4. The first-order valence-electron chi connectivity index (χ1n) is 28.9. The van der Waals surface area contributed by atoms with Gasteiger partial charge in [0.05, 0.1) is 19.8 Å². The Labute approximate surface area is 413 Å². The summed E-state index contributed by atoms with van der Waals surface area (Å²) < 4.78 is 23.0. The maximum absolute atomic E-state index is 12.9. The highest BCUT2D eigenvalue weighted by Crippen LogP contribution is 2.23.